The highest BCUT2D eigenvalue weighted by Crippen LogP contribution is 2.25. The van der Waals surface area contributed by atoms with E-state index in [0.29, 0.717) is 5.56 Å². The molecule has 0 saturated carbocycles. The number of rotatable bonds is 5. The topological polar surface area (TPSA) is 68.0 Å². The summed E-state index contributed by atoms with van der Waals surface area (Å²) in [5.41, 5.74) is 8.81. The number of nitrogens with zero attached hydrogens (tertiary/aromatic N) is 1. The Hall–Kier alpha value is -2.66. The van der Waals surface area contributed by atoms with Gasteiger partial charge in [-0.1, -0.05) is 42.5 Å². The van der Waals surface area contributed by atoms with Crippen molar-refractivity contribution in [2.45, 2.75) is 6.54 Å². The average Bonchev–Trinajstić information content (AvgIpc) is 3.03. The van der Waals surface area contributed by atoms with E-state index in [4.69, 9.17) is 5.73 Å². The average molecular weight is 309 g/mol. The van der Waals surface area contributed by atoms with Gasteiger partial charge in [-0.25, -0.2) is 4.98 Å². The molecule has 0 unspecified atom stereocenters. The molecule has 1 aromatic heterocycles. The minimum atomic E-state index is -0.421. The number of carbonyl (C=O) groups excluding carboxylic acids is 1. The van der Waals surface area contributed by atoms with E-state index in [0.717, 1.165) is 22.9 Å². The zero-order valence-corrected chi connectivity index (χ0v) is 12.6. The summed E-state index contributed by atoms with van der Waals surface area (Å²) in [6.45, 7) is 0.744. The van der Waals surface area contributed by atoms with Crippen molar-refractivity contribution < 1.29 is 4.79 Å². The van der Waals surface area contributed by atoms with Gasteiger partial charge in [-0.05, 0) is 17.7 Å². The van der Waals surface area contributed by atoms with Gasteiger partial charge in [0.2, 0.25) is 5.91 Å². The lowest BCUT2D eigenvalue weighted by molar-refractivity contribution is 0.100. The van der Waals surface area contributed by atoms with Crippen molar-refractivity contribution in [3.8, 4) is 11.3 Å². The van der Waals surface area contributed by atoms with Crippen LogP contribution in [0.25, 0.3) is 11.3 Å². The summed E-state index contributed by atoms with van der Waals surface area (Å²) in [7, 11) is 0. The van der Waals surface area contributed by atoms with Crippen LogP contribution in [0.15, 0.2) is 60.0 Å². The number of carbonyl (C=O) groups is 1. The molecule has 0 bridgehead atoms. The molecule has 0 aliphatic rings. The van der Waals surface area contributed by atoms with Crippen molar-refractivity contribution >= 4 is 22.4 Å². The Kier molecular flexibility index (Phi) is 4.16. The lowest BCUT2D eigenvalue weighted by atomic mass is 10.1. The van der Waals surface area contributed by atoms with Gasteiger partial charge in [0.05, 0.1) is 5.69 Å². The molecule has 110 valence electrons. The Balaban J connectivity index is 1.69. The third-order valence-corrected chi connectivity index (χ3v) is 4.06. The summed E-state index contributed by atoms with van der Waals surface area (Å²) in [4.78, 5) is 15.6. The van der Waals surface area contributed by atoms with E-state index in [1.165, 1.54) is 5.56 Å². The van der Waals surface area contributed by atoms with E-state index in [-0.39, 0.29) is 0 Å². The van der Waals surface area contributed by atoms with E-state index in [2.05, 4.69) is 22.4 Å². The summed E-state index contributed by atoms with van der Waals surface area (Å²) in [6, 6.07) is 17.3. The number of benzene rings is 2. The first-order chi connectivity index (χ1) is 10.7. The minimum absolute atomic E-state index is 0.421. The van der Waals surface area contributed by atoms with Crippen LogP contribution in [0.5, 0.6) is 0 Å². The second-order valence-electron chi connectivity index (χ2n) is 4.82. The van der Waals surface area contributed by atoms with Gasteiger partial charge >= 0.3 is 0 Å². The predicted octanol–water partition coefficient (Wildman–Crippen LogP) is 3.52. The van der Waals surface area contributed by atoms with Crippen LogP contribution < -0.4 is 11.1 Å². The van der Waals surface area contributed by atoms with Crippen molar-refractivity contribution in [3.05, 3.63) is 71.1 Å². The third-order valence-electron chi connectivity index (χ3n) is 3.26. The molecule has 3 N–H and O–H groups in total. The maximum Gasteiger partial charge on any atom is 0.248 e. The van der Waals surface area contributed by atoms with Crippen molar-refractivity contribution in [2.24, 2.45) is 5.73 Å². The van der Waals surface area contributed by atoms with Crippen LogP contribution in [0.3, 0.4) is 0 Å². The van der Waals surface area contributed by atoms with E-state index < -0.39 is 5.91 Å². The molecule has 22 heavy (non-hydrogen) atoms. The van der Waals surface area contributed by atoms with Crippen molar-refractivity contribution in [3.63, 3.8) is 0 Å². The normalized spacial score (nSPS) is 10.4. The van der Waals surface area contributed by atoms with Crippen LogP contribution in [0.2, 0.25) is 0 Å². The quantitative estimate of drug-likeness (QED) is 0.757. The molecule has 0 spiro atoms. The standard InChI is InChI=1S/C17H15N3OS/c18-16(21)14-8-6-13(7-9-14)15-11-22-17(20-15)19-10-12-4-2-1-3-5-12/h1-9,11H,10H2,(H2,18,21)(H,19,20). The zero-order chi connectivity index (χ0) is 15.4. The molecule has 2 aromatic carbocycles. The number of hydrogen-bond donors (Lipinski definition) is 2. The molecule has 4 nitrogen and oxygen atoms in total. The van der Waals surface area contributed by atoms with Crippen LogP contribution in [0, 0.1) is 0 Å². The molecule has 1 heterocycles. The smallest absolute Gasteiger partial charge is 0.248 e. The Morgan fingerprint density at radius 3 is 2.50 bits per heavy atom. The highest BCUT2D eigenvalue weighted by Gasteiger charge is 2.06. The molecule has 3 rings (SSSR count). The molecule has 0 saturated heterocycles. The molecule has 0 atom stereocenters. The fourth-order valence-electron chi connectivity index (χ4n) is 2.07. The van der Waals surface area contributed by atoms with Crippen molar-refractivity contribution in [1.82, 2.24) is 4.98 Å². The molecular formula is C17H15N3OS. The van der Waals surface area contributed by atoms with Gasteiger partial charge in [-0.15, -0.1) is 11.3 Å². The second kappa shape index (κ2) is 6.41. The SMILES string of the molecule is NC(=O)c1ccc(-c2csc(NCc3ccccc3)n2)cc1. The number of primary amides is 1. The first-order valence-electron chi connectivity index (χ1n) is 6.86. The summed E-state index contributed by atoms with van der Waals surface area (Å²) >= 11 is 1.56. The summed E-state index contributed by atoms with van der Waals surface area (Å²) in [5, 5.41) is 6.18. The number of thiazole rings is 1. The summed E-state index contributed by atoms with van der Waals surface area (Å²) < 4.78 is 0. The first kappa shape index (κ1) is 14.3. The van der Waals surface area contributed by atoms with Gasteiger partial charge in [0, 0.05) is 23.1 Å². The molecule has 0 aliphatic carbocycles. The molecule has 5 heteroatoms. The highest BCUT2D eigenvalue weighted by molar-refractivity contribution is 7.14. The molecule has 1 amide bonds. The van der Waals surface area contributed by atoms with E-state index in [1.807, 2.05) is 35.7 Å². The van der Waals surface area contributed by atoms with Crippen LogP contribution in [-0.4, -0.2) is 10.9 Å². The number of amides is 1. The largest absolute Gasteiger partial charge is 0.366 e. The third kappa shape index (κ3) is 3.32. The van der Waals surface area contributed by atoms with Gasteiger partial charge < -0.3 is 11.1 Å². The summed E-state index contributed by atoms with van der Waals surface area (Å²) in [6.07, 6.45) is 0. The predicted molar refractivity (Wildman–Crippen MR) is 89.8 cm³/mol. The number of nitrogens with one attached hydrogen (secondary N) is 1. The van der Waals surface area contributed by atoms with Crippen LogP contribution in [-0.2, 0) is 6.54 Å². The van der Waals surface area contributed by atoms with Crippen LogP contribution in [0.4, 0.5) is 5.13 Å². The van der Waals surface area contributed by atoms with Crippen LogP contribution >= 0.6 is 11.3 Å². The monoisotopic (exact) mass is 309 g/mol. The Labute approximate surface area is 132 Å². The summed E-state index contributed by atoms with van der Waals surface area (Å²) in [5.74, 6) is -0.421. The number of aromatic nitrogens is 1. The van der Waals surface area contributed by atoms with E-state index in [9.17, 15) is 4.79 Å². The molecular weight excluding hydrogens is 294 g/mol. The molecule has 0 radical (unpaired) electrons. The van der Waals surface area contributed by atoms with E-state index >= 15 is 0 Å². The lowest BCUT2D eigenvalue weighted by Gasteiger charge is -2.02. The first-order valence-corrected chi connectivity index (χ1v) is 7.74. The number of nitrogens with two attached hydrogens (primary N) is 1. The van der Waals surface area contributed by atoms with Gasteiger partial charge in [0.15, 0.2) is 5.13 Å². The number of anilines is 1. The maximum absolute atomic E-state index is 11.1. The molecule has 3 aromatic rings. The maximum atomic E-state index is 11.1. The fraction of sp³-hybridized carbons (Fsp3) is 0.0588. The zero-order valence-electron chi connectivity index (χ0n) is 11.8. The Morgan fingerprint density at radius 2 is 1.82 bits per heavy atom. The van der Waals surface area contributed by atoms with Crippen molar-refractivity contribution in [1.29, 1.82) is 0 Å². The van der Waals surface area contributed by atoms with Crippen LogP contribution in [0.1, 0.15) is 15.9 Å². The lowest BCUT2D eigenvalue weighted by Crippen LogP contribution is -2.10. The molecule has 0 aliphatic heterocycles. The Bertz CT molecular complexity index is 766. The number of hydrogen-bond acceptors (Lipinski definition) is 4. The fourth-order valence-corrected chi connectivity index (χ4v) is 2.78. The van der Waals surface area contributed by atoms with E-state index in [1.54, 1.807) is 23.5 Å². The van der Waals surface area contributed by atoms with Gasteiger partial charge in [-0.2, -0.15) is 0 Å². The Morgan fingerprint density at radius 1 is 1.09 bits per heavy atom. The molecule has 0 fully saturated rings. The highest BCUT2D eigenvalue weighted by atomic mass is 32.1. The van der Waals surface area contributed by atoms with Crippen molar-refractivity contribution in [2.75, 3.05) is 5.32 Å². The minimum Gasteiger partial charge on any atom is -0.366 e. The van der Waals surface area contributed by atoms with Gasteiger partial charge in [0.25, 0.3) is 0 Å². The van der Waals surface area contributed by atoms with Gasteiger partial charge in [-0.3, -0.25) is 4.79 Å². The second-order valence-corrected chi connectivity index (χ2v) is 5.68. The van der Waals surface area contributed by atoms with Gasteiger partial charge in [0.1, 0.15) is 0 Å².